The molecule has 1 N–H and O–H groups in total. The average Bonchev–Trinajstić information content (AvgIpc) is 2.54. The first-order valence-corrected chi connectivity index (χ1v) is 8.94. The van der Waals surface area contributed by atoms with Gasteiger partial charge in [-0.05, 0) is 53.0 Å². The van der Waals surface area contributed by atoms with Gasteiger partial charge in [0.1, 0.15) is 5.60 Å². The van der Waals surface area contributed by atoms with Gasteiger partial charge in [0, 0.05) is 19.1 Å². The van der Waals surface area contributed by atoms with E-state index in [0.717, 1.165) is 18.4 Å². The molecule has 0 spiro atoms. The molecule has 5 nitrogen and oxygen atoms in total. The molecule has 0 bridgehead atoms. The molecule has 5 heteroatoms. The predicted octanol–water partition coefficient (Wildman–Crippen LogP) is 3.48. The minimum Gasteiger partial charge on any atom is -0.444 e. The van der Waals surface area contributed by atoms with Crippen molar-refractivity contribution in [2.45, 2.75) is 64.5 Å². The molecule has 1 fully saturated rings. The third-order valence-corrected chi connectivity index (χ3v) is 4.53. The molecule has 0 atom stereocenters. The van der Waals surface area contributed by atoms with Crippen molar-refractivity contribution in [2.75, 3.05) is 13.1 Å². The third kappa shape index (κ3) is 5.21. The SMILES string of the molecule is CC(C)(C)OC(=O)NC1CCN(C(=O)C(C)(C)c2ccccc2)CC1. The Balaban J connectivity index is 1.89. The molecule has 1 heterocycles. The second-order valence-electron chi connectivity index (χ2n) is 8.20. The number of alkyl carbamates (subject to hydrolysis) is 1. The molecule has 2 rings (SSSR count). The van der Waals surface area contributed by atoms with Crippen LogP contribution in [0, 0.1) is 0 Å². The number of piperidine rings is 1. The molecule has 0 aromatic heterocycles. The van der Waals surface area contributed by atoms with Crippen LogP contribution in [0.2, 0.25) is 0 Å². The van der Waals surface area contributed by atoms with Crippen LogP contribution in [-0.2, 0) is 14.9 Å². The van der Waals surface area contributed by atoms with Gasteiger partial charge >= 0.3 is 6.09 Å². The van der Waals surface area contributed by atoms with Crippen molar-refractivity contribution in [1.82, 2.24) is 10.2 Å². The fourth-order valence-electron chi connectivity index (χ4n) is 3.07. The van der Waals surface area contributed by atoms with Crippen LogP contribution >= 0.6 is 0 Å². The van der Waals surface area contributed by atoms with Gasteiger partial charge in [-0.3, -0.25) is 4.79 Å². The largest absolute Gasteiger partial charge is 0.444 e. The number of hydrogen-bond donors (Lipinski definition) is 1. The summed E-state index contributed by atoms with van der Waals surface area (Å²) in [6, 6.07) is 9.92. The summed E-state index contributed by atoms with van der Waals surface area (Å²) in [6.07, 6.45) is 1.10. The lowest BCUT2D eigenvalue weighted by Crippen LogP contribution is -2.51. The number of carbonyl (C=O) groups excluding carboxylic acids is 2. The van der Waals surface area contributed by atoms with Crippen molar-refractivity contribution in [3.63, 3.8) is 0 Å². The molecular formula is C20H30N2O3. The molecular weight excluding hydrogens is 316 g/mol. The summed E-state index contributed by atoms with van der Waals surface area (Å²) in [5, 5.41) is 2.91. The number of carbonyl (C=O) groups is 2. The Kier molecular flexibility index (Phi) is 5.76. The van der Waals surface area contributed by atoms with Crippen molar-refractivity contribution in [2.24, 2.45) is 0 Å². The second-order valence-corrected chi connectivity index (χ2v) is 8.20. The van der Waals surface area contributed by atoms with Gasteiger partial charge in [0.05, 0.1) is 5.41 Å². The normalized spacial score (nSPS) is 16.4. The summed E-state index contributed by atoms with van der Waals surface area (Å²) < 4.78 is 5.30. The predicted molar refractivity (Wildman–Crippen MR) is 98.4 cm³/mol. The van der Waals surface area contributed by atoms with E-state index in [-0.39, 0.29) is 18.0 Å². The number of hydrogen-bond acceptors (Lipinski definition) is 3. The zero-order chi connectivity index (χ0) is 18.7. The lowest BCUT2D eigenvalue weighted by Gasteiger charge is -2.37. The van der Waals surface area contributed by atoms with Crippen LogP contribution in [0.3, 0.4) is 0 Å². The first-order chi connectivity index (χ1) is 11.6. The molecule has 1 aliphatic heterocycles. The van der Waals surface area contributed by atoms with Crippen LogP contribution in [0.5, 0.6) is 0 Å². The molecule has 0 radical (unpaired) electrons. The third-order valence-electron chi connectivity index (χ3n) is 4.53. The quantitative estimate of drug-likeness (QED) is 0.911. The van der Waals surface area contributed by atoms with Gasteiger partial charge in [0.2, 0.25) is 5.91 Å². The van der Waals surface area contributed by atoms with Crippen molar-refractivity contribution in [3.8, 4) is 0 Å². The number of ether oxygens (including phenoxy) is 1. The Bertz CT molecular complexity index is 597. The fourth-order valence-corrected chi connectivity index (χ4v) is 3.07. The minimum atomic E-state index is -0.549. The smallest absolute Gasteiger partial charge is 0.407 e. The number of rotatable bonds is 3. The molecule has 138 valence electrons. The van der Waals surface area contributed by atoms with Gasteiger partial charge in [-0.1, -0.05) is 30.3 Å². The topological polar surface area (TPSA) is 58.6 Å². The number of nitrogens with zero attached hydrogens (tertiary/aromatic N) is 1. The van der Waals surface area contributed by atoms with Gasteiger partial charge in [0.15, 0.2) is 0 Å². The van der Waals surface area contributed by atoms with E-state index >= 15 is 0 Å². The molecule has 1 aliphatic rings. The Hall–Kier alpha value is -2.04. The molecule has 0 aliphatic carbocycles. The lowest BCUT2D eigenvalue weighted by atomic mass is 9.82. The minimum absolute atomic E-state index is 0.0544. The van der Waals surface area contributed by atoms with Gasteiger partial charge in [0.25, 0.3) is 0 Å². The Morgan fingerprint density at radius 3 is 2.12 bits per heavy atom. The van der Waals surface area contributed by atoms with E-state index in [1.807, 2.05) is 69.9 Å². The van der Waals surface area contributed by atoms with Crippen LogP contribution in [0.1, 0.15) is 53.0 Å². The summed E-state index contributed by atoms with van der Waals surface area (Å²) >= 11 is 0. The molecule has 1 aromatic rings. The van der Waals surface area contributed by atoms with E-state index in [2.05, 4.69) is 5.32 Å². The van der Waals surface area contributed by atoms with Gasteiger partial charge < -0.3 is 15.0 Å². The Morgan fingerprint density at radius 2 is 1.60 bits per heavy atom. The van der Waals surface area contributed by atoms with Gasteiger partial charge in [-0.25, -0.2) is 4.79 Å². The molecule has 1 aromatic carbocycles. The molecule has 1 saturated heterocycles. The Morgan fingerprint density at radius 1 is 1.04 bits per heavy atom. The molecule has 2 amide bonds. The monoisotopic (exact) mass is 346 g/mol. The standard InChI is InChI=1S/C20H30N2O3/c1-19(2,3)25-18(24)21-16-11-13-22(14-12-16)17(23)20(4,5)15-9-7-6-8-10-15/h6-10,16H,11-14H2,1-5H3,(H,21,24). The molecule has 0 unspecified atom stereocenters. The van der Waals surface area contributed by atoms with E-state index in [0.29, 0.717) is 13.1 Å². The lowest BCUT2D eigenvalue weighted by molar-refractivity contribution is -0.137. The summed E-state index contributed by atoms with van der Waals surface area (Å²) in [7, 11) is 0. The number of nitrogens with one attached hydrogen (secondary N) is 1. The fraction of sp³-hybridized carbons (Fsp3) is 0.600. The highest BCUT2D eigenvalue weighted by Crippen LogP contribution is 2.27. The van der Waals surface area contributed by atoms with Gasteiger partial charge in [-0.2, -0.15) is 0 Å². The maximum atomic E-state index is 13.0. The van der Waals surface area contributed by atoms with Crippen LogP contribution in [-0.4, -0.2) is 41.6 Å². The number of amides is 2. The zero-order valence-corrected chi connectivity index (χ0v) is 16.0. The molecule has 25 heavy (non-hydrogen) atoms. The summed E-state index contributed by atoms with van der Waals surface area (Å²) in [4.78, 5) is 26.7. The summed E-state index contributed by atoms with van der Waals surface area (Å²) in [5.41, 5.74) is -0.0262. The maximum Gasteiger partial charge on any atom is 0.407 e. The molecule has 0 saturated carbocycles. The summed E-state index contributed by atoms with van der Waals surface area (Å²) in [6.45, 7) is 10.8. The second kappa shape index (κ2) is 7.46. The van der Waals surface area contributed by atoms with Crippen molar-refractivity contribution in [3.05, 3.63) is 35.9 Å². The number of benzene rings is 1. The van der Waals surface area contributed by atoms with Crippen LogP contribution in [0.25, 0.3) is 0 Å². The Labute approximate surface area is 150 Å². The van der Waals surface area contributed by atoms with E-state index < -0.39 is 11.0 Å². The summed E-state index contributed by atoms with van der Waals surface area (Å²) in [5.74, 6) is 0.134. The van der Waals surface area contributed by atoms with E-state index in [1.165, 1.54) is 0 Å². The highest BCUT2D eigenvalue weighted by atomic mass is 16.6. The maximum absolute atomic E-state index is 13.0. The van der Waals surface area contributed by atoms with E-state index in [4.69, 9.17) is 4.74 Å². The van der Waals surface area contributed by atoms with Crippen LogP contribution < -0.4 is 5.32 Å². The van der Waals surface area contributed by atoms with E-state index in [9.17, 15) is 9.59 Å². The van der Waals surface area contributed by atoms with Crippen LogP contribution in [0.4, 0.5) is 4.79 Å². The zero-order valence-electron chi connectivity index (χ0n) is 16.0. The number of likely N-dealkylation sites (tertiary alicyclic amines) is 1. The highest BCUT2D eigenvalue weighted by Gasteiger charge is 2.35. The first-order valence-electron chi connectivity index (χ1n) is 8.94. The van der Waals surface area contributed by atoms with Crippen LogP contribution in [0.15, 0.2) is 30.3 Å². The highest BCUT2D eigenvalue weighted by molar-refractivity contribution is 5.87. The van der Waals surface area contributed by atoms with Crippen molar-refractivity contribution < 1.29 is 14.3 Å². The van der Waals surface area contributed by atoms with E-state index in [1.54, 1.807) is 0 Å². The van der Waals surface area contributed by atoms with Gasteiger partial charge in [-0.15, -0.1) is 0 Å². The van der Waals surface area contributed by atoms with Crippen molar-refractivity contribution >= 4 is 12.0 Å². The average molecular weight is 346 g/mol. The van der Waals surface area contributed by atoms with Crippen molar-refractivity contribution in [1.29, 1.82) is 0 Å². The first kappa shape index (κ1) is 19.3.